The van der Waals surface area contributed by atoms with Crippen LogP contribution in [-0.4, -0.2) is 61.2 Å². The number of amides is 1. The van der Waals surface area contributed by atoms with Crippen molar-refractivity contribution in [1.82, 2.24) is 19.4 Å². The van der Waals surface area contributed by atoms with E-state index >= 15 is 0 Å². The average Bonchev–Trinajstić information content (AvgIpc) is 3.26. The molecule has 0 fully saturated rings. The first-order chi connectivity index (χ1) is 18.8. The van der Waals surface area contributed by atoms with Crippen LogP contribution in [0.25, 0.3) is 33.3 Å². The molecule has 0 radical (unpaired) electrons. The summed E-state index contributed by atoms with van der Waals surface area (Å²) in [5.74, 6) is -0.406. The van der Waals surface area contributed by atoms with Gasteiger partial charge in [0.2, 0.25) is 0 Å². The zero-order chi connectivity index (χ0) is 29.4. The van der Waals surface area contributed by atoms with E-state index in [-0.39, 0.29) is 29.0 Å². The molecular weight excluding hydrogens is 572 g/mol. The maximum Gasteiger partial charge on any atom is 0.257 e. The van der Waals surface area contributed by atoms with Crippen molar-refractivity contribution in [2.45, 2.75) is 32.4 Å². The summed E-state index contributed by atoms with van der Waals surface area (Å²) in [7, 11) is 3.47. The molecule has 212 valence electrons. The van der Waals surface area contributed by atoms with E-state index in [0.29, 0.717) is 50.7 Å². The Labute approximate surface area is 243 Å². The van der Waals surface area contributed by atoms with Crippen molar-refractivity contribution in [3.63, 3.8) is 0 Å². The predicted molar refractivity (Wildman–Crippen MR) is 161 cm³/mol. The zero-order valence-electron chi connectivity index (χ0n) is 23.3. The van der Waals surface area contributed by atoms with Gasteiger partial charge < -0.3 is 24.7 Å². The summed E-state index contributed by atoms with van der Waals surface area (Å²) in [5, 5.41) is 0.841. The number of hydrogen-bond donors (Lipinski definition) is 1. The quantitative estimate of drug-likeness (QED) is 0.167. The molecular formula is C28H32Cl2FN5O3Si. The summed E-state index contributed by atoms with van der Waals surface area (Å²) < 4.78 is 28.1. The summed E-state index contributed by atoms with van der Waals surface area (Å²) >= 11 is 13.1. The van der Waals surface area contributed by atoms with Gasteiger partial charge >= 0.3 is 0 Å². The van der Waals surface area contributed by atoms with Crippen molar-refractivity contribution in [2.75, 3.05) is 33.5 Å². The van der Waals surface area contributed by atoms with Crippen LogP contribution in [0.3, 0.4) is 0 Å². The van der Waals surface area contributed by atoms with Crippen LogP contribution >= 0.6 is 23.2 Å². The molecule has 3 aromatic heterocycles. The summed E-state index contributed by atoms with van der Waals surface area (Å²) in [6.45, 7) is 7.69. The number of halogens is 3. The maximum atomic E-state index is 14.7. The van der Waals surface area contributed by atoms with Crippen LogP contribution in [0.15, 0.2) is 36.8 Å². The van der Waals surface area contributed by atoms with Crippen LogP contribution in [0.4, 0.5) is 10.2 Å². The highest BCUT2D eigenvalue weighted by Crippen LogP contribution is 2.43. The molecule has 0 aliphatic rings. The number of nitrogens with two attached hydrogens (primary N) is 1. The van der Waals surface area contributed by atoms with Crippen molar-refractivity contribution in [3.8, 4) is 28.0 Å². The molecule has 4 aromatic rings. The number of carbonyl (C=O) groups is 1. The third-order valence-electron chi connectivity index (χ3n) is 6.45. The van der Waals surface area contributed by atoms with Crippen LogP contribution in [0, 0.1) is 5.82 Å². The number of methoxy groups -OCH3 is 1. The number of anilines is 1. The van der Waals surface area contributed by atoms with Gasteiger partial charge in [0.05, 0.1) is 22.7 Å². The Hall–Kier alpha value is -3.18. The van der Waals surface area contributed by atoms with Gasteiger partial charge in [-0.2, -0.15) is 0 Å². The number of aromatic nitrogens is 3. The number of ether oxygens (including phenoxy) is 2. The highest BCUT2D eigenvalue weighted by atomic mass is 35.5. The van der Waals surface area contributed by atoms with Crippen molar-refractivity contribution >= 4 is 54.0 Å². The molecule has 0 bridgehead atoms. The van der Waals surface area contributed by atoms with E-state index in [4.69, 9.17) is 43.4 Å². The van der Waals surface area contributed by atoms with Gasteiger partial charge in [-0.15, -0.1) is 0 Å². The minimum atomic E-state index is -1.28. The number of rotatable bonds is 9. The zero-order valence-corrected chi connectivity index (χ0v) is 25.8. The topological polar surface area (TPSA) is 95.5 Å². The van der Waals surface area contributed by atoms with Crippen LogP contribution in [0.2, 0.25) is 35.7 Å². The summed E-state index contributed by atoms with van der Waals surface area (Å²) in [4.78, 5) is 23.0. The summed E-state index contributed by atoms with van der Waals surface area (Å²) in [5.41, 5.74) is 8.91. The Balaban J connectivity index is 1.90. The van der Waals surface area contributed by atoms with Gasteiger partial charge in [-0.1, -0.05) is 42.8 Å². The van der Waals surface area contributed by atoms with Gasteiger partial charge in [-0.3, -0.25) is 4.79 Å². The SMILES string of the molecule is COc1cc(Cl)c(F)cc1-c1cn(COCC[Si](C)(C)C)c2ncc(-c3cnc(N)c(C(=O)N(C)C)c3)c(Cl)c12. The average molecular weight is 605 g/mol. The lowest BCUT2D eigenvalue weighted by Gasteiger charge is -2.15. The second-order valence-corrected chi connectivity index (χ2v) is 17.3. The van der Waals surface area contributed by atoms with E-state index in [9.17, 15) is 9.18 Å². The summed E-state index contributed by atoms with van der Waals surface area (Å²) in [6, 6.07) is 5.38. The van der Waals surface area contributed by atoms with Gasteiger partial charge in [0.1, 0.15) is 29.8 Å². The van der Waals surface area contributed by atoms with E-state index in [1.807, 2.05) is 10.8 Å². The molecule has 0 unspecified atom stereocenters. The molecule has 40 heavy (non-hydrogen) atoms. The van der Waals surface area contributed by atoms with Gasteiger partial charge in [-0.25, -0.2) is 14.4 Å². The second kappa shape index (κ2) is 11.7. The molecule has 2 N–H and O–H groups in total. The van der Waals surface area contributed by atoms with Gasteiger partial charge in [0.25, 0.3) is 5.91 Å². The van der Waals surface area contributed by atoms with Crippen LogP contribution in [0.1, 0.15) is 10.4 Å². The smallest absolute Gasteiger partial charge is 0.257 e. The molecule has 8 nitrogen and oxygen atoms in total. The van der Waals surface area contributed by atoms with Crippen molar-refractivity contribution < 1.29 is 18.7 Å². The lowest BCUT2D eigenvalue weighted by molar-refractivity contribution is 0.0828. The fourth-order valence-corrected chi connectivity index (χ4v) is 5.46. The first-order valence-electron chi connectivity index (χ1n) is 12.6. The number of nitrogen functional groups attached to an aromatic ring is 1. The van der Waals surface area contributed by atoms with Crippen LogP contribution < -0.4 is 10.5 Å². The number of hydrogen-bond acceptors (Lipinski definition) is 6. The molecule has 0 saturated heterocycles. The van der Waals surface area contributed by atoms with E-state index in [0.717, 1.165) is 6.04 Å². The highest BCUT2D eigenvalue weighted by molar-refractivity contribution is 6.76. The molecule has 12 heteroatoms. The molecule has 0 aliphatic carbocycles. The van der Waals surface area contributed by atoms with Gasteiger partial charge in [-0.05, 0) is 18.2 Å². The highest BCUT2D eigenvalue weighted by Gasteiger charge is 2.23. The third kappa shape index (κ3) is 6.10. The molecule has 0 spiro atoms. The lowest BCUT2D eigenvalue weighted by atomic mass is 10.0. The maximum absolute atomic E-state index is 14.7. The largest absolute Gasteiger partial charge is 0.496 e. The molecule has 3 heterocycles. The number of fused-ring (bicyclic) bond motifs is 1. The van der Waals surface area contributed by atoms with E-state index < -0.39 is 13.9 Å². The molecule has 0 atom stereocenters. The van der Waals surface area contributed by atoms with E-state index in [2.05, 4.69) is 24.6 Å². The predicted octanol–water partition coefficient (Wildman–Crippen LogP) is 6.82. The molecule has 0 saturated carbocycles. The first-order valence-corrected chi connectivity index (χ1v) is 17.0. The normalized spacial score (nSPS) is 11.7. The number of carbonyl (C=O) groups excluding carboxylic acids is 1. The van der Waals surface area contributed by atoms with E-state index in [1.54, 1.807) is 26.4 Å². The molecule has 1 aromatic carbocycles. The van der Waals surface area contributed by atoms with Crippen LogP contribution in [-0.2, 0) is 11.5 Å². The molecule has 4 rings (SSSR count). The molecule has 1 amide bonds. The number of nitrogens with zero attached hydrogens (tertiary/aromatic N) is 4. The van der Waals surface area contributed by atoms with Crippen molar-refractivity contribution in [3.05, 3.63) is 58.2 Å². The van der Waals surface area contributed by atoms with E-state index in [1.165, 1.54) is 30.3 Å². The Morgan fingerprint density at radius 1 is 1.10 bits per heavy atom. The Morgan fingerprint density at radius 3 is 2.48 bits per heavy atom. The minimum absolute atomic E-state index is 0.0602. The number of pyridine rings is 2. The molecule has 0 aliphatic heterocycles. The minimum Gasteiger partial charge on any atom is -0.496 e. The standard InChI is InChI=1S/C28H32Cl2FN5O3Si/c1-35(2)28(37)18-9-16(12-33-26(18)32)19-13-34-27-24(25(19)30)20(14-36(27)15-39-7-8-40(4,5)6)17-10-22(31)21(29)11-23(17)38-3/h9-14H,7-8,15H2,1-6H3,(H2,32,33). The third-order valence-corrected chi connectivity index (χ3v) is 8.83. The fraction of sp³-hybridized carbons (Fsp3) is 0.321. The Morgan fingerprint density at radius 2 is 1.82 bits per heavy atom. The van der Waals surface area contributed by atoms with Gasteiger partial charge in [0.15, 0.2) is 0 Å². The monoisotopic (exact) mass is 603 g/mol. The number of benzene rings is 1. The summed E-state index contributed by atoms with van der Waals surface area (Å²) in [6.07, 6.45) is 4.97. The second-order valence-electron chi connectivity index (χ2n) is 10.9. The fourth-order valence-electron chi connectivity index (χ4n) is 4.21. The Bertz CT molecular complexity index is 1590. The Kier molecular flexibility index (Phi) is 8.74. The van der Waals surface area contributed by atoms with Crippen molar-refractivity contribution in [2.24, 2.45) is 0 Å². The van der Waals surface area contributed by atoms with Gasteiger partial charge in [0, 0.05) is 81.1 Å². The lowest BCUT2D eigenvalue weighted by Crippen LogP contribution is -2.23. The van der Waals surface area contributed by atoms with Crippen LogP contribution in [0.5, 0.6) is 5.75 Å². The first kappa shape index (κ1) is 29.8. The van der Waals surface area contributed by atoms with Crippen molar-refractivity contribution in [1.29, 1.82) is 0 Å².